The van der Waals surface area contributed by atoms with Crippen LogP contribution in [-0.2, 0) is 4.79 Å². The first-order valence-electron chi connectivity index (χ1n) is 8.40. The van der Waals surface area contributed by atoms with E-state index < -0.39 is 5.91 Å². The van der Waals surface area contributed by atoms with Gasteiger partial charge >= 0.3 is 0 Å². The van der Waals surface area contributed by atoms with E-state index in [0.29, 0.717) is 17.3 Å². The predicted octanol–water partition coefficient (Wildman–Crippen LogP) is 3.60. The van der Waals surface area contributed by atoms with Gasteiger partial charge in [0.2, 0.25) is 0 Å². The largest absolute Gasteiger partial charge is 0.497 e. The molecule has 0 unspecified atom stereocenters. The van der Waals surface area contributed by atoms with E-state index in [9.17, 15) is 4.79 Å². The van der Waals surface area contributed by atoms with Crippen LogP contribution in [0.4, 0.5) is 5.69 Å². The highest BCUT2D eigenvalue weighted by Gasteiger charge is 2.18. The van der Waals surface area contributed by atoms with Crippen molar-refractivity contribution in [2.24, 2.45) is 4.99 Å². The Morgan fingerprint density at radius 2 is 1.85 bits per heavy atom. The van der Waals surface area contributed by atoms with E-state index in [-0.39, 0.29) is 5.57 Å². The van der Waals surface area contributed by atoms with Crippen molar-refractivity contribution in [3.8, 4) is 5.75 Å². The highest BCUT2D eigenvalue weighted by atomic mass is 16.5. The normalized spacial score (nSPS) is 15.0. The summed E-state index contributed by atoms with van der Waals surface area (Å²) < 4.78 is 5.11. The molecule has 27 heavy (non-hydrogen) atoms. The molecule has 2 aromatic carbocycles. The molecule has 0 saturated carbocycles. The molecule has 6 nitrogen and oxygen atoms in total. The van der Waals surface area contributed by atoms with Gasteiger partial charge in [-0.25, -0.2) is 4.99 Å². The molecule has 0 aromatic heterocycles. The number of carbonyl (C=O) groups excluding carboxylic acids is 1. The van der Waals surface area contributed by atoms with Crippen LogP contribution in [0, 0.1) is 5.41 Å². The Morgan fingerprint density at radius 3 is 2.48 bits per heavy atom. The second-order valence-electron chi connectivity index (χ2n) is 5.89. The summed E-state index contributed by atoms with van der Waals surface area (Å²) in [4.78, 5) is 17.1. The molecule has 2 aromatic rings. The maximum Gasteiger partial charge on any atom is 0.260 e. The molecule has 1 aliphatic rings. The lowest BCUT2D eigenvalue weighted by Gasteiger charge is -2.19. The average molecular weight is 360 g/mol. The number of ether oxygens (including phenoxy) is 1. The summed E-state index contributed by atoms with van der Waals surface area (Å²) in [6.07, 6.45) is 2.91. The summed E-state index contributed by atoms with van der Waals surface area (Å²) in [5, 5.41) is 13.6. The fourth-order valence-corrected chi connectivity index (χ4v) is 2.62. The van der Waals surface area contributed by atoms with Gasteiger partial charge in [-0.15, -0.1) is 0 Å². The molecule has 0 spiro atoms. The molecule has 1 heterocycles. The standard InChI is InChI=1S/C21H20N4O2/c1-14-12-19(15-6-4-3-5-7-15)25-20(23-14)18(13-22)21(26)24-16-8-10-17(27-2)11-9-16/h3-13,22,25H,1-2H3,(H,24,26)/b20-18+,22-13?. The molecule has 1 aliphatic heterocycles. The van der Waals surface area contributed by atoms with Gasteiger partial charge in [-0.2, -0.15) is 0 Å². The minimum Gasteiger partial charge on any atom is -0.497 e. The van der Waals surface area contributed by atoms with Crippen molar-refractivity contribution in [1.29, 1.82) is 5.41 Å². The summed E-state index contributed by atoms with van der Waals surface area (Å²) >= 11 is 0. The number of rotatable bonds is 5. The maximum atomic E-state index is 12.7. The number of nitrogens with one attached hydrogen (secondary N) is 3. The molecule has 3 rings (SSSR count). The van der Waals surface area contributed by atoms with Crippen molar-refractivity contribution >= 4 is 29.2 Å². The smallest absolute Gasteiger partial charge is 0.260 e. The Balaban J connectivity index is 1.86. The number of aliphatic imine (C=N–C) groups is 1. The molecule has 3 N–H and O–H groups in total. The Kier molecular flexibility index (Phi) is 5.47. The molecular weight excluding hydrogens is 340 g/mol. The summed E-state index contributed by atoms with van der Waals surface area (Å²) in [7, 11) is 1.58. The van der Waals surface area contributed by atoms with Crippen molar-refractivity contribution in [1.82, 2.24) is 5.32 Å². The van der Waals surface area contributed by atoms with Gasteiger partial charge in [0.05, 0.1) is 12.7 Å². The summed E-state index contributed by atoms with van der Waals surface area (Å²) in [5.41, 5.74) is 3.31. The van der Waals surface area contributed by atoms with Crippen molar-refractivity contribution in [3.05, 3.63) is 77.6 Å². The van der Waals surface area contributed by atoms with Crippen LogP contribution >= 0.6 is 0 Å². The lowest BCUT2D eigenvalue weighted by atomic mass is 10.1. The number of methoxy groups -OCH3 is 1. The van der Waals surface area contributed by atoms with Crippen LogP contribution in [0.3, 0.4) is 0 Å². The molecule has 0 fully saturated rings. The highest BCUT2D eigenvalue weighted by molar-refractivity contribution is 6.18. The van der Waals surface area contributed by atoms with Gasteiger partial charge in [-0.05, 0) is 42.8 Å². The predicted molar refractivity (Wildman–Crippen MR) is 108 cm³/mol. The third-order valence-corrected chi connectivity index (χ3v) is 3.97. The van der Waals surface area contributed by atoms with Gasteiger partial charge < -0.3 is 20.8 Å². The van der Waals surface area contributed by atoms with E-state index in [1.165, 1.54) is 0 Å². The lowest BCUT2D eigenvalue weighted by Crippen LogP contribution is -2.24. The minimum atomic E-state index is -0.413. The van der Waals surface area contributed by atoms with Crippen LogP contribution in [0.15, 0.2) is 77.1 Å². The minimum absolute atomic E-state index is 0.145. The van der Waals surface area contributed by atoms with E-state index in [1.54, 1.807) is 31.4 Å². The first kappa shape index (κ1) is 18.1. The third kappa shape index (κ3) is 4.30. The van der Waals surface area contributed by atoms with Crippen molar-refractivity contribution in [3.63, 3.8) is 0 Å². The van der Waals surface area contributed by atoms with E-state index in [0.717, 1.165) is 23.2 Å². The summed E-state index contributed by atoms with van der Waals surface area (Å²) in [6.45, 7) is 1.85. The average Bonchev–Trinajstić information content (AvgIpc) is 2.69. The fourth-order valence-electron chi connectivity index (χ4n) is 2.62. The van der Waals surface area contributed by atoms with Gasteiger partial charge in [0.15, 0.2) is 0 Å². The van der Waals surface area contributed by atoms with Crippen LogP contribution in [0.5, 0.6) is 5.75 Å². The zero-order chi connectivity index (χ0) is 19.2. The number of allylic oxidation sites excluding steroid dienone is 1. The summed E-state index contributed by atoms with van der Waals surface area (Å²) in [6, 6.07) is 16.7. The monoisotopic (exact) mass is 360 g/mol. The van der Waals surface area contributed by atoms with Crippen molar-refractivity contribution in [2.45, 2.75) is 6.92 Å². The molecule has 0 saturated heterocycles. The molecule has 0 radical (unpaired) electrons. The van der Waals surface area contributed by atoms with Gasteiger partial charge in [0, 0.05) is 23.3 Å². The number of amides is 1. The Morgan fingerprint density at radius 1 is 1.15 bits per heavy atom. The van der Waals surface area contributed by atoms with Crippen LogP contribution in [0.25, 0.3) is 5.70 Å². The second kappa shape index (κ2) is 8.14. The molecule has 0 bridgehead atoms. The van der Waals surface area contributed by atoms with E-state index >= 15 is 0 Å². The topological polar surface area (TPSA) is 86.6 Å². The van der Waals surface area contributed by atoms with Crippen LogP contribution in [0.2, 0.25) is 0 Å². The van der Waals surface area contributed by atoms with E-state index in [4.69, 9.17) is 10.1 Å². The summed E-state index contributed by atoms with van der Waals surface area (Å²) in [5.74, 6) is 0.629. The first-order chi connectivity index (χ1) is 13.1. The zero-order valence-corrected chi connectivity index (χ0v) is 15.1. The van der Waals surface area contributed by atoms with E-state index in [2.05, 4.69) is 15.6 Å². The number of anilines is 1. The SMILES string of the molecule is COc1ccc(NC(=O)/C(C=N)=C2\N=C(C)C=C(c3ccccc3)N2)cc1. The Hall–Kier alpha value is -3.67. The maximum absolute atomic E-state index is 12.7. The second-order valence-corrected chi connectivity index (χ2v) is 5.89. The van der Waals surface area contributed by atoms with Crippen LogP contribution < -0.4 is 15.4 Å². The van der Waals surface area contributed by atoms with Crippen LogP contribution in [0.1, 0.15) is 12.5 Å². The molecule has 0 atom stereocenters. The lowest BCUT2D eigenvalue weighted by molar-refractivity contribution is -0.112. The fraction of sp³-hybridized carbons (Fsp3) is 0.0952. The number of benzene rings is 2. The quantitative estimate of drug-likeness (QED) is 0.562. The van der Waals surface area contributed by atoms with Gasteiger partial charge in [0.25, 0.3) is 5.91 Å². The third-order valence-electron chi connectivity index (χ3n) is 3.97. The van der Waals surface area contributed by atoms with Gasteiger partial charge in [-0.1, -0.05) is 30.3 Å². The Bertz CT molecular complexity index is 942. The van der Waals surface area contributed by atoms with E-state index in [1.807, 2.05) is 43.3 Å². The molecule has 136 valence electrons. The Labute approximate surface area is 157 Å². The number of nitrogens with zero attached hydrogens (tertiary/aromatic N) is 1. The number of carbonyl (C=O) groups is 1. The molecule has 6 heteroatoms. The molecular formula is C21H20N4O2. The highest BCUT2D eigenvalue weighted by Crippen LogP contribution is 2.20. The van der Waals surface area contributed by atoms with Crippen LogP contribution in [-0.4, -0.2) is 24.9 Å². The molecule has 0 aliphatic carbocycles. The van der Waals surface area contributed by atoms with Gasteiger partial charge in [-0.3, -0.25) is 4.79 Å². The van der Waals surface area contributed by atoms with Crippen molar-refractivity contribution in [2.75, 3.05) is 12.4 Å². The van der Waals surface area contributed by atoms with Gasteiger partial charge in [0.1, 0.15) is 11.6 Å². The number of hydrogen-bond donors (Lipinski definition) is 3. The zero-order valence-electron chi connectivity index (χ0n) is 15.1. The van der Waals surface area contributed by atoms with Crippen molar-refractivity contribution < 1.29 is 9.53 Å². The number of hydrogen-bond acceptors (Lipinski definition) is 5. The molecule has 1 amide bonds. The first-order valence-corrected chi connectivity index (χ1v) is 8.40.